The predicted octanol–water partition coefficient (Wildman–Crippen LogP) is 0.985. The molecule has 1 rings (SSSR count). The zero-order chi connectivity index (χ0) is 15.1. The van der Waals surface area contributed by atoms with Crippen LogP contribution in [0.5, 0.6) is 0 Å². The molecule has 1 unspecified atom stereocenters. The van der Waals surface area contributed by atoms with Crippen LogP contribution >= 0.6 is 0 Å². The quantitative estimate of drug-likeness (QED) is 0.804. The van der Waals surface area contributed by atoms with Crippen LogP contribution in [0.25, 0.3) is 0 Å². The van der Waals surface area contributed by atoms with Gasteiger partial charge in [-0.2, -0.15) is 0 Å². The maximum atomic E-state index is 12.2. The Bertz CT molecular complexity index is 526. The Morgan fingerprint density at radius 3 is 2.75 bits per heavy atom. The first kappa shape index (κ1) is 16.2. The summed E-state index contributed by atoms with van der Waals surface area (Å²) in [7, 11) is 3.98. The van der Waals surface area contributed by atoms with Crippen molar-refractivity contribution in [3.8, 4) is 11.8 Å². The van der Waals surface area contributed by atoms with Crippen LogP contribution in [0.4, 0.5) is 0 Å². The number of nitrogens with two attached hydrogens (primary N) is 1. The van der Waals surface area contributed by atoms with E-state index in [9.17, 15) is 4.79 Å². The smallest absolute Gasteiger partial charge is 0.251 e. The normalized spacial score (nSPS) is 11.7. The van der Waals surface area contributed by atoms with Gasteiger partial charge < -0.3 is 16.0 Å². The Balaban J connectivity index is 2.83. The van der Waals surface area contributed by atoms with Crippen LogP contribution in [0.1, 0.15) is 28.4 Å². The van der Waals surface area contributed by atoms with Gasteiger partial charge in [-0.1, -0.05) is 17.9 Å². The SMILES string of the molecule is Cc1c(C#CCN)cccc1C(=O)NCC(C)N(C)C. The van der Waals surface area contributed by atoms with Crippen molar-refractivity contribution in [2.75, 3.05) is 27.2 Å². The first-order chi connectivity index (χ1) is 9.47. The van der Waals surface area contributed by atoms with E-state index in [-0.39, 0.29) is 5.91 Å². The molecular weight excluding hydrogens is 250 g/mol. The first-order valence-corrected chi connectivity index (χ1v) is 6.70. The Hall–Kier alpha value is -1.83. The third kappa shape index (κ3) is 4.37. The molecule has 108 valence electrons. The van der Waals surface area contributed by atoms with Gasteiger partial charge in [-0.05, 0) is 45.6 Å². The molecule has 1 amide bonds. The van der Waals surface area contributed by atoms with E-state index in [2.05, 4.69) is 29.0 Å². The number of nitrogens with zero attached hydrogens (tertiary/aromatic N) is 1. The summed E-state index contributed by atoms with van der Waals surface area (Å²) in [5.41, 5.74) is 7.79. The summed E-state index contributed by atoms with van der Waals surface area (Å²) < 4.78 is 0. The van der Waals surface area contributed by atoms with Gasteiger partial charge in [0.25, 0.3) is 5.91 Å². The topological polar surface area (TPSA) is 58.4 Å². The van der Waals surface area contributed by atoms with Crippen molar-refractivity contribution in [1.82, 2.24) is 10.2 Å². The van der Waals surface area contributed by atoms with Crippen molar-refractivity contribution in [2.24, 2.45) is 5.73 Å². The number of hydrogen-bond donors (Lipinski definition) is 2. The molecule has 0 heterocycles. The van der Waals surface area contributed by atoms with Gasteiger partial charge >= 0.3 is 0 Å². The van der Waals surface area contributed by atoms with E-state index < -0.39 is 0 Å². The highest BCUT2D eigenvalue weighted by molar-refractivity contribution is 5.96. The van der Waals surface area contributed by atoms with Crippen LogP contribution in [-0.4, -0.2) is 44.0 Å². The van der Waals surface area contributed by atoms with Crippen molar-refractivity contribution in [3.63, 3.8) is 0 Å². The molecule has 0 spiro atoms. The largest absolute Gasteiger partial charge is 0.350 e. The van der Waals surface area contributed by atoms with Gasteiger partial charge in [-0.15, -0.1) is 0 Å². The number of likely N-dealkylation sites (N-methyl/N-ethyl adjacent to an activating group) is 1. The standard InChI is InChI=1S/C16H23N3O/c1-12(19(3)4)11-18-16(20)15-9-5-7-14(13(15)2)8-6-10-17/h5,7,9,12H,10-11,17H2,1-4H3,(H,18,20). The Kier molecular flexibility index (Phi) is 6.23. The number of nitrogens with one attached hydrogen (secondary N) is 1. The van der Waals surface area contributed by atoms with Crippen molar-refractivity contribution in [1.29, 1.82) is 0 Å². The monoisotopic (exact) mass is 273 g/mol. The van der Waals surface area contributed by atoms with Crippen molar-refractivity contribution in [2.45, 2.75) is 19.9 Å². The molecule has 0 aliphatic heterocycles. The van der Waals surface area contributed by atoms with Gasteiger partial charge in [0, 0.05) is 23.7 Å². The molecular formula is C16H23N3O. The summed E-state index contributed by atoms with van der Waals surface area (Å²) in [5.74, 6) is 5.74. The lowest BCUT2D eigenvalue weighted by atomic mass is 10.0. The molecule has 0 saturated carbocycles. The van der Waals surface area contributed by atoms with Crippen molar-refractivity contribution < 1.29 is 4.79 Å². The average Bonchev–Trinajstić information content (AvgIpc) is 2.43. The van der Waals surface area contributed by atoms with E-state index in [4.69, 9.17) is 5.73 Å². The minimum Gasteiger partial charge on any atom is -0.350 e. The van der Waals surface area contributed by atoms with E-state index in [0.29, 0.717) is 24.7 Å². The highest BCUT2D eigenvalue weighted by atomic mass is 16.1. The Labute approximate surface area is 121 Å². The van der Waals surface area contributed by atoms with Crippen LogP contribution in [0.2, 0.25) is 0 Å². The molecule has 1 aromatic carbocycles. The van der Waals surface area contributed by atoms with Crippen molar-refractivity contribution in [3.05, 3.63) is 34.9 Å². The molecule has 0 aromatic heterocycles. The number of hydrogen-bond acceptors (Lipinski definition) is 3. The first-order valence-electron chi connectivity index (χ1n) is 6.70. The van der Waals surface area contributed by atoms with Gasteiger partial charge in [0.15, 0.2) is 0 Å². The second-order valence-electron chi connectivity index (χ2n) is 5.01. The molecule has 0 bridgehead atoms. The summed E-state index contributed by atoms with van der Waals surface area (Å²) in [5, 5.41) is 2.95. The van der Waals surface area contributed by atoms with E-state index in [1.807, 2.05) is 39.2 Å². The van der Waals surface area contributed by atoms with Crippen LogP contribution in [0, 0.1) is 18.8 Å². The zero-order valence-corrected chi connectivity index (χ0v) is 12.7. The number of benzene rings is 1. The third-order valence-corrected chi connectivity index (χ3v) is 3.34. The Morgan fingerprint density at radius 1 is 1.45 bits per heavy atom. The molecule has 1 atom stereocenters. The third-order valence-electron chi connectivity index (χ3n) is 3.34. The zero-order valence-electron chi connectivity index (χ0n) is 12.7. The molecule has 0 aliphatic carbocycles. The summed E-state index contributed by atoms with van der Waals surface area (Å²) in [4.78, 5) is 14.3. The van der Waals surface area contributed by atoms with E-state index in [1.54, 1.807) is 0 Å². The minimum absolute atomic E-state index is 0.0624. The van der Waals surface area contributed by atoms with E-state index >= 15 is 0 Å². The van der Waals surface area contributed by atoms with Gasteiger partial charge in [-0.25, -0.2) is 0 Å². The molecule has 0 aliphatic rings. The fraction of sp³-hybridized carbons (Fsp3) is 0.438. The summed E-state index contributed by atoms with van der Waals surface area (Å²) in [6.45, 7) is 4.90. The fourth-order valence-corrected chi connectivity index (χ4v) is 1.68. The highest BCUT2D eigenvalue weighted by Gasteiger charge is 2.12. The number of rotatable bonds is 4. The van der Waals surface area contributed by atoms with Gasteiger partial charge in [0.2, 0.25) is 0 Å². The van der Waals surface area contributed by atoms with Crippen LogP contribution in [0.15, 0.2) is 18.2 Å². The summed E-state index contributed by atoms with van der Waals surface area (Å²) in [6.07, 6.45) is 0. The maximum Gasteiger partial charge on any atom is 0.251 e. The Morgan fingerprint density at radius 2 is 2.15 bits per heavy atom. The number of carbonyl (C=O) groups excluding carboxylic acids is 1. The van der Waals surface area contributed by atoms with E-state index in [0.717, 1.165) is 11.1 Å². The van der Waals surface area contributed by atoms with Crippen LogP contribution in [-0.2, 0) is 0 Å². The average molecular weight is 273 g/mol. The summed E-state index contributed by atoms with van der Waals surface area (Å²) >= 11 is 0. The molecule has 20 heavy (non-hydrogen) atoms. The molecule has 4 nitrogen and oxygen atoms in total. The van der Waals surface area contributed by atoms with Crippen molar-refractivity contribution >= 4 is 5.91 Å². The maximum absolute atomic E-state index is 12.2. The number of amides is 1. The minimum atomic E-state index is -0.0624. The van der Waals surface area contributed by atoms with Crippen LogP contribution in [0.3, 0.4) is 0 Å². The number of carbonyl (C=O) groups is 1. The van der Waals surface area contributed by atoms with Crippen LogP contribution < -0.4 is 11.1 Å². The lowest BCUT2D eigenvalue weighted by Crippen LogP contribution is -2.38. The predicted molar refractivity (Wildman–Crippen MR) is 82.6 cm³/mol. The molecule has 4 heteroatoms. The molecule has 0 radical (unpaired) electrons. The molecule has 3 N–H and O–H groups in total. The highest BCUT2D eigenvalue weighted by Crippen LogP contribution is 2.12. The molecule has 0 fully saturated rings. The lowest BCUT2D eigenvalue weighted by Gasteiger charge is -2.20. The van der Waals surface area contributed by atoms with Gasteiger partial charge in [-0.3, -0.25) is 4.79 Å². The summed E-state index contributed by atoms with van der Waals surface area (Å²) in [6, 6.07) is 5.85. The second-order valence-corrected chi connectivity index (χ2v) is 5.01. The second kappa shape index (κ2) is 7.68. The molecule has 0 saturated heterocycles. The van der Waals surface area contributed by atoms with E-state index in [1.165, 1.54) is 0 Å². The lowest BCUT2D eigenvalue weighted by molar-refractivity contribution is 0.0943. The molecule has 1 aromatic rings. The fourth-order valence-electron chi connectivity index (χ4n) is 1.68. The van der Waals surface area contributed by atoms with Gasteiger partial charge in [0.05, 0.1) is 6.54 Å². The van der Waals surface area contributed by atoms with Gasteiger partial charge in [0.1, 0.15) is 0 Å².